The molecule has 10 heteroatoms. The van der Waals surface area contributed by atoms with E-state index in [-0.39, 0.29) is 28.0 Å². The number of carbonyl (C=O) groups excluding carboxylic acids is 2. The van der Waals surface area contributed by atoms with Gasteiger partial charge in [-0.3, -0.25) is 9.59 Å². The first kappa shape index (κ1) is 19.8. The van der Waals surface area contributed by atoms with Gasteiger partial charge in [0.15, 0.2) is 9.84 Å². The Balaban J connectivity index is 1.70. The molecule has 1 saturated heterocycles. The van der Waals surface area contributed by atoms with Crippen molar-refractivity contribution in [2.45, 2.75) is 19.4 Å². The lowest BCUT2D eigenvalue weighted by atomic mass is 10.2. The van der Waals surface area contributed by atoms with Crippen LogP contribution in [-0.2, 0) is 9.84 Å². The van der Waals surface area contributed by atoms with Crippen molar-refractivity contribution in [1.82, 2.24) is 5.32 Å². The van der Waals surface area contributed by atoms with Crippen LogP contribution in [0.1, 0.15) is 32.0 Å². The molecule has 1 atom stereocenters. The minimum Gasteiger partial charge on any atom is -0.348 e. The number of sulfone groups is 1. The van der Waals surface area contributed by atoms with Gasteiger partial charge in [0.1, 0.15) is 5.82 Å². The third-order valence-electron chi connectivity index (χ3n) is 4.10. The second-order valence-electron chi connectivity index (χ2n) is 6.27. The summed E-state index contributed by atoms with van der Waals surface area (Å²) >= 11 is 6.96. The summed E-state index contributed by atoms with van der Waals surface area (Å²) in [7, 11) is -3.09. The van der Waals surface area contributed by atoms with Gasteiger partial charge in [-0.25, -0.2) is 12.8 Å². The number of halogens is 2. The summed E-state index contributed by atoms with van der Waals surface area (Å²) in [4.78, 5) is 25.1. The van der Waals surface area contributed by atoms with Crippen molar-refractivity contribution in [2.75, 3.05) is 16.8 Å². The maximum absolute atomic E-state index is 13.1. The number of hydrogen-bond donors (Lipinski definition) is 2. The number of thiophene rings is 1. The van der Waals surface area contributed by atoms with Crippen LogP contribution < -0.4 is 10.6 Å². The molecule has 6 nitrogen and oxygen atoms in total. The normalized spacial score (nSPS) is 18.3. The zero-order chi connectivity index (χ0) is 19.8. The van der Waals surface area contributed by atoms with Gasteiger partial charge in [-0.05, 0) is 43.2 Å². The largest absolute Gasteiger partial charge is 0.348 e. The Bertz CT molecular complexity index is 1020. The molecular formula is C17H16ClFN2O4S2. The lowest BCUT2D eigenvalue weighted by molar-refractivity contribution is 0.0943. The zero-order valence-electron chi connectivity index (χ0n) is 14.2. The van der Waals surface area contributed by atoms with Crippen LogP contribution in [0.3, 0.4) is 0 Å². The number of anilines is 1. The van der Waals surface area contributed by atoms with Crippen LogP contribution in [0.15, 0.2) is 24.3 Å². The first-order chi connectivity index (χ1) is 12.6. The summed E-state index contributed by atoms with van der Waals surface area (Å²) in [6.07, 6.45) is 0.394. The van der Waals surface area contributed by atoms with E-state index in [2.05, 4.69) is 10.6 Å². The monoisotopic (exact) mass is 430 g/mol. The maximum atomic E-state index is 13.1. The molecule has 27 heavy (non-hydrogen) atoms. The van der Waals surface area contributed by atoms with Gasteiger partial charge < -0.3 is 10.6 Å². The molecule has 1 fully saturated rings. The fourth-order valence-corrected chi connectivity index (χ4v) is 5.68. The van der Waals surface area contributed by atoms with E-state index < -0.39 is 27.6 Å². The summed E-state index contributed by atoms with van der Waals surface area (Å²) < 4.78 is 36.1. The quantitative estimate of drug-likeness (QED) is 0.779. The van der Waals surface area contributed by atoms with Crippen LogP contribution >= 0.6 is 22.9 Å². The second-order valence-corrected chi connectivity index (χ2v) is 9.96. The highest BCUT2D eigenvalue weighted by molar-refractivity contribution is 7.91. The Hall–Kier alpha value is -1.97. The third kappa shape index (κ3) is 4.66. The number of aryl methyl sites for hydroxylation is 1. The molecule has 0 bridgehead atoms. The molecule has 1 aliphatic heterocycles. The molecular weight excluding hydrogens is 415 g/mol. The molecule has 1 aliphatic rings. The Labute approximate surface area is 164 Å². The van der Waals surface area contributed by atoms with E-state index in [1.54, 1.807) is 13.0 Å². The van der Waals surface area contributed by atoms with Gasteiger partial charge in [0.05, 0.1) is 32.0 Å². The van der Waals surface area contributed by atoms with Gasteiger partial charge in [0.25, 0.3) is 11.8 Å². The van der Waals surface area contributed by atoms with E-state index in [9.17, 15) is 22.4 Å². The molecule has 0 radical (unpaired) electrons. The van der Waals surface area contributed by atoms with Crippen LogP contribution in [-0.4, -0.2) is 37.8 Å². The fourth-order valence-electron chi connectivity index (χ4n) is 2.78. The van der Waals surface area contributed by atoms with Crippen LogP contribution in [0.5, 0.6) is 0 Å². The van der Waals surface area contributed by atoms with Crippen LogP contribution in [0.25, 0.3) is 0 Å². The van der Waals surface area contributed by atoms with Gasteiger partial charge in [-0.2, -0.15) is 0 Å². The van der Waals surface area contributed by atoms with Gasteiger partial charge >= 0.3 is 0 Å². The highest BCUT2D eigenvalue weighted by Crippen LogP contribution is 2.28. The number of hydrogen-bond acceptors (Lipinski definition) is 5. The second kappa shape index (κ2) is 7.57. The number of rotatable bonds is 4. The van der Waals surface area contributed by atoms with E-state index in [4.69, 9.17) is 11.6 Å². The smallest absolute Gasteiger partial charge is 0.261 e. The highest BCUT2D eigenvalue weighted by atomic mass is 35.5. The number of carbonyl (C=O) groups is 2. The number of amides is 2. The van der Waals surface area contributed by atoms with Crippen molar-refractivity contribution in [3.8, 4) is 0 Å². The van der Waals surface area contributed by atoms with Crippen molar-refractivity contribution in [2.24, 2.45) is 0 Å². The first-order valence-corrected chi connectivity index (χ1v) is 11.0. The van der Waals surface area contributed by atoms with E-state index in [1.807, 2.05) is 0 Å². The molecule has 2 N–H and O–H groups in total. The average molecular weight is 431 g/mol. The molecule has 0 aliphatic carbocycles. The first-order valence-electron chi connectivity index (χ1n) is 8.03. The van der Waals surface area contributed by atoms with E-state index in [0.717, 1.165) is 23.5 Å². The van der Waals surface area contributed by atoms with E-state index >= 15 is 0 Å². The molecule has 2 aromatic rings. The van der Waals surface area contributed by atoms with Crippen LogP contribution in [0.2, 0.25) is 5.02 Å². The van der Waals surface area contributed by atoms with Crippen molar-refractivity contribution in [3.63, 3.8) is 0 Å². The number of nitrogens with one attached hydrogen (secondary N) is 2. The van der Waals surface area contributed by atoms with Gasteiger partial charge in [0, 0.05) is 6.04 Å². The molecule has 2 amide bonds. The molecule has 144 valence electrons. The maximum Gasteiger partial charge on any atom is 0.261 e. The molecule has 2 heterocycles. The Morgan fingerprint density at radius 2 is 2.00 bits per heavy atom. The predicted molar refractivity (Wildman–Crippen MR) is 103 cm³/mol. The van der Waals surface area contributed by atoms with Crippen molar-refractivity contribution < 1.29 is 22.4 Å². The molecule has 3 rings (SSSR count). The van der Waals surface area contributed by atoms with Gasteiger partial charge in [0.2, 0.25) is 0 Å². The Kier molecular flexibility index (Phi) is 5.55. The summed E-state index contributed by atoms with van der Waals surface area (Å²) in [6.45, 7) is 1.72. The lowest BCUT2D eigenvalue weighted by Gasteiger charge is -2.10. The van der Waals surface area contributed by atoms with Crippen molar-refractivity contribution >= 4 is 49.6 Å². The minimum absolute atomic E-state index is 0.0128. The predicted octanol–water partition coefficient (Wildman–Crippen LogP) is 3.02. The van der Waals surface area contributed by atoms with E-state index in [1.165, 1.54) is 6.07 Å². The lowest BCUT2D eigenvalue weighted by Crippen LogP contribution is -2.35. The summed E-state index contributed by atoms with van der Waals surface area (Å²) in [5.41, 5.74) is 0.769. The standard InChI is InChI=1S/C17H16ClFN2O4S2/c1-9-6-14(21-16(22)12-3-2-10(19)7-13(12)18)26-15(9)17(23)20-11-4-5-27(24,25)8-11/h2-3,6-7,11H,4-5,8H2,1H3,(H,20,23)(H,21,22). The fraction of sp³-hybridized carbons (Fsp3) is 0.294. The van der Waals surface area contributed by atoms with Crippen LogP contribution in [0.4, 0.5) is 9.39 Å². The molecule has 0 saturated carbocycles. The van der Waals surface area contributed by atoms with Crippen molar-refractivity contribution in [1.29, 1.82) is 0 Å². The molecule has 1 aromatic carbocycles. The summed E-state index contributed by atoms with van der Waals surface area (Å²) in [5, 5.41) is 5.78. The topological polar surface area (TPSA) is 92.3 Å². The van der Waals surface area contributed by atoms with Crippen LogP contribution in [0, 0.1) is 12.7 Å². The highest BCUT2D eigenvalue weighted by Gasteiger charge is 2.30. The summed E-state index contributed by atoms with van der Waals surface area (Å²) in [5.74, 6) is -1.43. The van der Waals surface area contributed by atoms with E-state index in [0.29, 0.717) is 21.9 Å². The third-order valence-corrected chi connectivity index (χ3v) is 7.34. The SMILES string of the molecule is Cc1cc(NC(=O)c2ccc(F)cc2Cl)sc1C(=O)NC1CCS(=O)(=O)C1. The zero-order valence-corrected chi connectivity index (χ0v) is 16.6. The van der Waals surface area contributed by atoms with Crippen molar-refractivity contribution in [3.05, 3.63) is 51.1 Å². The van der Waals surface area contributed by atoms with Gasteiger partial charge in [-0.1, -0.05) is 11.6 Å². The molecule has 1 aromatic heterocycles. The number of benzene rings is 1. The summed E-state index contributed by atoms with van der Waals surface area (Å²) in [6, 6.07) is 4.70. The Morgan fingerprint density at radius 1 is 1.26 bits per heavy atom. The Morgan fingerprint density at radius 3 is 2.63 bits per heavy atom. The van der Waals surface area contributed by atoms with Gasteiger partial charge in [-0.15, -0.1) is 11.3 Å². The molecule has 1 unspecified atom stereocenters. The average Bonchev–Trinajstić information content (AvgIpc) is 3.09. The minimum atomic E-state index is -3.09. The molecule has 0 spiro atoms.